The minimum Gasteiger partial charge on any atom is -0.355 e. The summed E-state index contributed by atoms with van der Waals surface area (Å²) in [6.07, 6.45) is 2.68. The van der Waals surface area contributed by atoms with Crippen LogP contribution >= 0.6 is 12.4 Å². The number of nitrogens with one attached hydrogen (secondary N) is 2. The number of carbonyl (C=O) groups excluding carboxylic acids is 1. The fourth-order valence-corrected chi connectivity index (χ4v) is 3.48. The molecule has 1 fully saturated rings. The Kier molecular flexibility index (Phi) is 9.34. The molecule has 5 heteroatoms. The van der Waals surface area contributed by atoms with Crippen LogP contribution in [-0.2, 0) is 10.2 Å². The molecular weight excluding hydrogens is 322 g/mol. The molecule has 136 valence electrons. The Labute approximate surface area is 152 Å². The molecule has 1 heterocycles. The maximum atomic E-state index is 12.8. The van der Waals surface area contributed by atoms with Gasteiger partial charge in [-0.25, -0.2) is 0 Å². The summed E-state index contributed by atoms with van der Waals surface area (Å²) in [4.78, 5) is 15.3. The van der Waals surface area contributed by atoms with Crippen LogP contribution in [0.25, 0.3) is 0 Å². The molecule has 0 unspecified atom stereocenters. The van der Waals surface area contributed by atoms with E-state index in [4.69, 9.17) is 0 Å². The summed E-state index contributed by atoms with van der Waals surface area (Å²) < 4.78 is 0. The highest BCUT2D eigenvalue weighted by atomic mass is 35.5. The normalized spacial score (nSPS) is 15.6. The fourth-order valence-electron chi connectivity index (χ4n) is 3.48. The van der Waals surface area contributed by atoms with E-state index in [-0.39, 0.29) is 18.3 Å². The molecule has 2 N–H and O–H groups in total. The number of hydrogen-bond acceptors (Lipinski definition) is 3. The minimum absolute atomic E-state index is 0. The van der Waals surface area contributed by atoms with Crippen LogP contribution in [0.2, 0.25) is 0 Å². The lowest BCUT2D eigenvalue weighted by Crippen LogP contribution is -2.46. The quantitative estimate of drug-likeness (QED) is 0.706. The highest BCUT2D eigenvalue weighted by molar-refractivity contribution is 5.88. The molecule has 0 aromatic heterocycles. The molecule has 1 aliphatic rings. The van der Waals surface area contributed by atoms with Crippen LogP contribution in [0.15, 0.2) is 30.3 Å². The average molecular weight is 354 g/mol. The standard InChI is InChI=1S/C19H31N3O.ClH/c1-3-19(4-2,17-9-6-5-7-10-17)18(23)21-11-8-14-22-15-12-20-13-16-22;/h5-7,9-10,20H,3-4,8,11-16H2,1-2H3,(H,21,23);1H. The summed E-state index contributed by atoms with van der Waals surface area (Å²) in [5.41, 5.74) is 0.737. The highest BCUT2D eigenvalue weighted by Crippen LogP contribution is 2.31. The van der Waals surface area contributed by atoms with E-state index < -0.39 is 5.41 Å². The average Bonchev–Trinajstić information content (AvgIpc) is 2.62. The van der Waals surface area contributed by atoms with Crippen molar-refractivity contribution >= 4 is 18.3 Å². The van der Waals surface area contributed by atoms with Gasteiger partial charge < -0.3 is 15.5 Å². The second-order valence-electron chi connectivity index (χ2n) is 6.36. The molecule has 0 radical (unpaired) electrons. The first-order chi connectivity index (χ1) is 11.2. The van der Waals surface area contributed by atoms with Gasteiger partial charge in [0.2, 0.25) is 5.91 Å². The Morgan fingerprint density at radius 1 is 1.17 bits per heavy atom. The zero-order valence-corrected chi connectivity index (χ0v) is 15.8. The largest absolute Gasteiger partial charge is 0.355 e. The number of nitrogens with zero attached hydrogens (tertiary/aromatic N) is 1. The van der Waals surface area contributed by atoms with E-state index in [0.29, 0.717) is 0 Å². The lowest BCUT2D eigenvalue weighted by molar-refractivity contribution is -0.127. The molecule has 2 rings (SSSR count). The van der Waals surface area contributed by atoms with Crippen molar-refractivity contribution in [3.05, 3.63) is 35.9 Å². The summed E-state index contributed by atoms with van der Waals surface area (Å²) in [7, 11) is 0. The molecule has 0 saturated carbocycles. The molecule has 0 spiro atoms. The van der Waals surface area contributed by atoms with Crippen LogP contribution in [0.5, 0.6) is 0 Å². The van der Waals surface area contributed by atoms with Crippen LogP contribution in [0.3, 0.4) is 0 Å². The second-order valence-corrected chi connectivity index (χ2v) is 6.36. The monoisotopic (exact) mass is 353 g/mol. The molecule has 0 bridgehead atoms. The van der Waals surface area contributed by atoms with Crippen LogP contribution < -0.4 is 10.6 Å². The van der Waals surface area contributed by atoms with Crippen LogP contribution in [0.4, 0.5) is 0 Å². The Morgan fingerprint density at radius 3 is 2.38 bits per heavy atom. The maximum absolute atomic E-state index is 12.8. The smallest absolute Gasteiger partial charge is 0.230 e. The Bertz CT molecular complexity index is 471. The first kappa shape index (κ1) is 20.9. The van der Waals surface area contributed by atoms with Crippen LogP contribution in [0.1, 0.15) is 38.7 Å². The van der Waals surface area contributed by atoms with Gasteiger partial charge in [-0.3, -0.25) is 4.79 Å². The van der Waals surface area contributed by atoms with E-state index in [1.54, 1.807) is 0 Å². The van der Waals surface area contributed by atoms with Gasteiger partial charge in [-0.1, -0.05) is 44.2 Å². The number of hydrogen-bond donors (Lipinski definition) is 2. The van der Waals surface area contributed by atoms with Gasteiger partial charge in [0.25, 0.3) is 0 Å². The first-order valence-electron chi connectivity index (χ1n) is 9.00. The van der Waals surface area contributed by atoms with Crippen molar-refractivity contribution in [3.8, 4) is 0 Å². The third-order valence-electron chi connectivity index (χ3n) is 5.11. The van der Waals surface area contributed by atoms with Gasteiger partial charge in [0.1, 0.15) is 0 Å². The van der Waals surface area contributed by atoms with Gasteiger partial charge in [-0.2, -0.15) is 0 Å². The molecule has 1 aliphatic heterocycles. The van der Waals surface area contributed by atoms with Gasteiger partial charge >= 0.3 is 0 Å². The molecule has 4 nitrogen and oxygen atoms in total. The van der Waals surface area contributed by atoms with Gasteiger partial charge in [-0.05, 0) is 31.4 Å². The van der Waals surface area contributed by atoms with Gasteiger partial charge in [-0.15, -0.1) is 12.4 Å². The summed E-state index contributed by atoms with van der Waals surface area (Å²) in [6.45, 7) is 10.4. The Hall–Kier alpha value is -1.10. The van der Waals surface area contributed by atoms with Gasteiger partial charge in [0, 0.05) is 32.7 Å². The number of carbonyl (C=O) groups is 1. The van der Waals surface area contributed by atoms with Crippen molar-refractivity contribution in [2.24, 2.45) is 0 Å². The van der Waals surface area contributed by atoms with Crippen molar-refractivity contribution < 1.29 is 4.79 Å². The predicted octanol–water partition coefficient (Wildman–Crippen LogP) is 2.58. The number of piperazine rings is 1. The number of benzene rings is 1. The van der Waals surface area contributed by atoms with E-state index in [1.807, 2.05) is 18.2 Å². The summed E-state index contributed by atoms with van der Waals surface area (Å²) in [5.74, 6) is 0.175. The zero-order chi connectivity index (χ0) is 16.5. The third kappa shape index (κ3) is 5.20. The van der Waals surface area contributed by atoms with E-state index in [2.05, 4.69) is 41.5 Å². The van der Waals surface area contributed by atoms with Crippen molar-refractivity contribution in [2.45, 2.75) is 38.5 Å². The molecule has 0 aliphatic carbocycles. The second kappa shape index (κ2) is 10.7. The maximum Gasteiger partial charge on any atom is 0.230 e. The van der Waals surface area contributed by atoms with Gasteiger partial charge in [0.15, 0.2) is 0 Å². The summed E-state index contributed by atoms with van der Waals surface area (Å²) in [6, 6.07) is 10.2. The van der Waals surface area contributed by atoms with E-state index in [0.717, 1.165) is 64.1 Å². The third-order valence-corrected chi connectivity index (χ3v) is 5.11. The molecule has 1 aromatic carbocycles. The predicted molar refractivity (Wildman–Crippen MR) is 103 cm³/mol. The van der Waals surface area contributed by atoms with Crippen molar-refractivity contribution in [2.75, 3.05) is 39.3 Å². The zero-order valence-electron chi connectivity index (χ0n) is 15.0. The first-order valence-corrected chi connectivity index (χ1v) is 9.00. The molecule has 1 amide bonds. The fraction of sp³-hybridized carbons (Fsp3) is 0.632. The number of halogens is 1. The number of amides is 1. The lowest BCUT2D eigenvalue weighted by Gasteiger charge is -2.31. The highest BCUT2D eigenvalue weighted by Gasteiger charge is 2.36. The Balaban J connectivity index is 0.00000288. The molecular formula is C19H32ClN3O. The van der Waals surface area contributed by atoms with Crippen molar-refractivity contribution in [1.82, 2.24) is 15.5 Å². The topological polar surface area (TPSA) is 44.4 Å². The summed E-state index contributed by atoms with van der Waals surface area (Å²) in [5, 5.41) is 6.55. The lowest BCUT2D eigenvalue weighted by atomic mass is 9.75. The van der Waals surface area contributed by atoms with Gasteiger partial charge in [0.05, 0.1) is 5.41 Å². The SMILES string of the molecule is CCC(CC)(C(=O)NCCCN1CCNCC1)c1ccccc1.Cl. The van der Waals surface area contributed by atoms with E-state index >= 15 is 0 Å². The van der Waals surface area contributed by atoms with E-state index in [1.165, 1.54) is 0 Å². The number of rotatable bonds is 8. The molecule has 0 atom stereocenters. The van der Waals surface area contributed by atoms with Crippen LogP contribution in [0, 0.1) is 0 Å². The molecule has 1 aromatic rings. The molecule has 24 heavy (non-hydrogen) atoms. The van der Waals surface area contributed by atoms with Crippen LogP contribution in [-0.4, -0.2) is 50.1 Å². The Morgan fingerprint density at radius 2 is 1.79 bits per heavy atom. The minimum atomic E-state index is -0.393. The summed E-state index contributed by atoms with van der Waals surface area (Å²) >= 11 is 0. The van der Waals surface area contributed by atoms with E-state index in [9.17, 15) is 4.79 Å². The van der Waals surface area contributed by atoms with Crippen molar-refractivity contribution in [1.29, 1.82) is 0 Å². The van der Waals surface area contributed by atoms with Crippen molar-refractivity contribution in [3.63, 3.8) is 0 Å². The molecule has 1 saturated heterocycles.